The molecule has 0 fully saturated rings. The molecule has 66 valence electrons. The van der Waals surface area contributed by atoms with Crippen molar-refractivity contribution in [1.29, 1.82) is 0 Å². The van der Waals surface area contributed by atoms with Crippen molar-refractivity contribution in [3.63, 3.8) is 0 Å². The van der Waals surface area contributed by atoms with Crippen molar-refractivity contribution in [3.05, 3.63) is 15.0 Å². The number of hydrogen-bond acceptors (Lipinski definition) is 2. The number of aryl methyl sites for hydroxylation is 2. The van der Waals surface area contributed by atoms with Crippen LogP contribution in [0.2, 0.25) is 4.47 Å². The van der Waals surface area contributed by atoms with E-state index in [1.165, 1.54) is 42.7 Å². The van der Waals surface area contributed by atoms with Crippen LogP contribution in [-0.2, 0) is 12.8 Å². The zero-order valence-electron chi connectivity index (χ0n) is 6.98. The molecule has 0 bridgehead atoms. The second-order valence-electron chi connectivity index (χ2n) is 3.25. The summed E-state index contributed by atoms with van der Waals surface area (Å²) in [5.74, 6) is 0. The fourth-order valence-corrected chi connectivity index (χ4v) is 2.93. The van der Waals surface area contributed by atoms with E-state index in [9.17, 15) is 0 Å². The molecule has 0 saturated heterocycles. The second kappa shape index (κ2) is 3.75. The Morgan fingerprint density at radius 2 is 1.83 bits per heavy atom. The summed E-state index contributed by atoms with van der Waals surface area (Å²) in [5, 5.41) is 0. The van der Waals surface area contributed by atoms with Crippen molar-refractivity contribution in [1.82, 2.24) is 4.98 Å². The minimum Gasteiger partial charge on any atom is -0.230 e. The first-order valence-electron chi connectivity index (χ1n) is 4.50. The molecule has 0 radical (unpaired) electrons. The van der Waals surface area contributed by atoms with Crippen LogP contribution in [0.1, 0.15) is 36.3 Å². The summed E-state index contributed by atoms with van der Waals surface area (Å²) in [5.41, 5.74) is 1.27. The lowest BCUT2D eigenvalue weighted by molar-refractivity contribution is 0.616. The number of hydrogen-bond donors (Lipinski definition) is 0. The van der Waals surface area contributed by atoms with Gasteiger partial charge in [-0.05, 0) is 25.7 Å². The lowest BCUT2D eigenvalue weighted by Gasteiger charge is -2.06. The maximum atomic E-state index is 5.86. The predicted molar refractivity (Wildman–Crippen MR) is 53.0 cm³/mol. The zero-order chi connectivity index (χ0) is 8.39. The normalized spacial score (nSPS) is 18.1. The molecular formula is C9H12ClNS. The van der Waals surface area contributed by atoms with Crippen LogP contribution in [0.3, 0.4) is 0 Å². The summed E-state index contributed by atoms with van der Waals surface area (Å²) in [4.78, 5) is 5.77. The number of aromatic nitrogens is 1. The maximum Gasteiger partial charge on any atom is 0.184 e. The average molecular weight is 202 g/mol. The second-order valence-corrected chi connectivity index (χ2v) is 4.92. The Hall–Kier alpha value is -0.0800. The van der Waals surface area contributed by atoms with E-state index in [-0.39, 0.29) is 0 Å². The third kappa shape index (κ3) is 1.80. The molecule has 12 heavy (non-hydrogen) atoms. The Kier molecular flexibility index (Phi) is 2.66. The van der Waals surface area contributed by atoms with E-state index in [0.717, 1.165) is 10.9 Å². The molecule has 3 heteroatoms. The topological polar surface area (TPSA) is 12.9 Å². The SMILES string of the molecule is Clc1nc2c(s1)CCCCCC2. The van der Waals surface area contributed by atoms with Crippen molar-refractivity contribution in [2.45, 2.75) is 38.5 Å². The van der Waals surface area contributed by atoms with Crippen molar-refractivity contribution in [2.75, 3.05) is 0 Å². The van der Waals surface area contributed by atoms with Gasteiger partial charge in [-0.15, -0.1) is 11.3 Å². The summed E-state index contributed by atoms with van der Waals surface area (Å²) in [6.07, 6.45) is 7.65. The van der Waals surface area contributed by atoms with Gasteiger partial charge in [-0.1, -0.05) is 24.4 Å². The lowest BCUT2D eigenvalue weighted by Crippen LogP contribution is -1.96. The first-order valence-corrected chi connectivity index (χ1v) is 5.70. The number of rotatable bonds is 0. The summed E-state index contributed by atoms with van der Waals surface area (Å²) >= 11 is 7.53. The summed E-state index contributed by atoms with van der Waals surface area (Å²) in [7, 11) is 0. The molecule has 1 nitrogen and oxygen atoms in total. The smallest absolute Gasteiger partial charge is 0.184 e. The molecule has 0 spiro atoms. The third-order valence-corrected chi connectivity index (χ3v) is 3.58. The molecule has 0 aromatic carbocycles. The van der Waals surface area contributed by atoms with Gasteiger partial charge in [0.25, 0.3) is 0 Å². The average Bonchev–Trinajstić information content (AvgIpc) is 2.32. The Bertz CT molecular complexity index is 244. The summed E-state index contributed by atoms with van der Waals surface area (Å²) < 4.78 is 0.724. The van der Waals surface area contributed by atoms with Gasteiger partial charge in [0, 0.05) is 4.88 Å². The molecule has 1 heterocycles. The minimum atomic E-state index is 0.724. The van der Waals surface area contributed by atoms with E-state index >= 15 is 0 Å². The molecule has 1 aromatic heterocycles. The van der Waals surface area contributed by atoms with Gasteiger partial charge >= 0.3 is 0 Å². The van der Waals surface area contributed by atoms with Gasteiger partial charge in [-0.2, -0.15) is 0 Å². The molecule has 0 atom stereocenters. The molecule has 0 aliphatic heterocycles. The van der Waals surface area contributed by atoms with E-state index in [4.69, 9.17) is 11.6 Å². The monoisotopic (exact) mass is 201 g/mol. The van der Waals surface area contributed by atoms with Gasteiger partial charge in [0.05, 0.1) is 5.69 Å². The van der Waals surface area contributed by atoms with Gasteiger partial charge in [0.2, 0.25) is 0 Å². The highest BCUT2D eigenvalue weighted by Gasteiger charge is 2.11. The predicted octanol–water partition coefficient (Wildman–Crippen LogP) is 3.46. The highest BCUT2D eigenvalue weighted by molar-refractivity contribution is 7.15. The first-order chi connectivity index (χ1) is 5.86. The van der Waals surface area contributed by atoms with Crippen molar-refractivity contribution < 1.29 is 0 Å². The molecule has 1 aromatic rings. The van der Waals surface area contributed by atoms with E-state index in [0.29, 0.717) is 0 Å². The Morgan fingerprint density at radius 1 is 1.08 bits per heavy atom. The van der Waals surface area contributed by atoms with Crippen LogP contribution < -0.4 is 0 Å². The van der Waals surface area contributed by atoms with Crippen molar-refractivity contribution >= 4 is 22.9 Å². The standard InChI is InChI=1S/C9H12ClNS/c10-9-11-7-5-3-1-2-4-6-8(7)12-9/h1-6H2. The Morgan fingerprint density at radius 3 is 2.67 bits per heavy atom. The highest BCUT2D eigenvalue weighted by atomic mass is 35.5. The molecule has 0 saturated carbocycles. The zero-order valence-corrected chi connectivity index (χ0v) is 8.55. The molecule has 2 rings (SSSR count). The van der Waals surface area contributed by atoms with Crippen LogP contribution in [0.25, 0.3) is 0 Å². The van der Waals surface area contributed by atoms with E-state index < -0.39 is 0 Å². The van der Waals surface area contributed by atoms with E-state index in [2.05, 4.69) is 4.98 Å². The van der Waals surface area contributed by atoms with Crippen LogP contribution in [0.15, 0.2) is 0 Å². The number of halogens is 1. The molecule has 1 aliphatic carbocycles. The Balaban J connectivity index is 2.23. The van der Waals surface area contributed by atoms with Crippen molar-refractivity contribution in [3.8, 4) is 0 Å². The molecule has 0 amide bonds. The van der Waals surface area contributed by atoms with Gasteiger partial charge in [0.15, 0.2) is 4.47 Å². The maximum absolute atomic E-state index is 5.86. The van der Waals surface area contributed by atoms with Gasteiger partial charge in [0.1, 0.15) is 0 Å². The quantitative estimate of drug-likeness (QED) is 0.627. The molecule has 0 N–H and O–H groups in total. The lowest BCUT2D eigenvalue weighted by atomic mass is 10.0. The van der Waals surface area contributed by atoms with Crippen LogP contribution in [0.5, 0.6) is 0 Å². The van der Waals surface area contributed by atoms with E-state index in [1.807, 2.05) is 0 Å². The number of nitrogens with zero attached hydrogens (tertiary/aromatic N) is 1. The van der Waals surface area contributed by atoms with Crippen LogP contribution in [0.4, 0.5) is 0 Å². The van der Waals surface area contributed by atoms with Crippen LogP contribution in [-0.4, -0.2) is 4.98 Å². The van der Waals surface area contributed by atoms with Crippen LogP contribution >= 0.6 is 22.9 Å². The largest absolute Gasteiger partial charge is 0.230 e. The van der Waals surface area contributed by atoms with Gasteiger partial charge in [-0.25, -0.2) is 4.98 Å². The highest BCUT2D eigenvalue weighted by Crippen LogP contribution is 2.27. The van der Waals surface area contributed by atoms with Gasteiger partial charge in [-0.3, -0.25) is 0 Å². The third-order valence-electron chi connectivity index (χ3n) is 2.32. The summed E-state index contributed by atoms with van der Waals surface area (Å²) in [6, 6.07) is 0. The van der Waals surface area contributed by atoms with Crippen molar-refractivity contribution in [2.24, 2.45) is 0 Å². The number of fused-ring (bicyclic) bond motifs is 1. The van der Waals surface area contributed by atoms with E-state index in [1.54, 1.807) is 11.3 Å². The number of thiazole rings is 1. The molecule has 1 aliphatic rings. The van der Waals surface area contributed by atoms with Gasteiger partial charge < -0.3 is 0 Å². The minimum absolute atomic E-state index is 0.724. The summed E-state index contributed by atoms with van der Waals surface area (Å²) in [6.45, 7) is 0. The Labute approximate surface area is 81.8 Å². The fourth-order valence-electron chi connectivity index (χ4n) is 1.67. The fraction of sp³-hybridized carbons (Fsp3) is 0.667. The first kappa shape index (κ1) is 8.52. The van der Waals surface area contributed by atoms with Crippen LogP contribution in [0, 0.1) is 0 Å². The molecule has 0 unspecified atom stereocenters. The molecular weight excluding hydrogens is 190 g/mol.